The molecule has 5 heteroatoms. The van der Waals surface area contributed by atoms with Gasteiger partial charge in [-0.1, -0.05) is 133 Å². The van der Waals surface area contributed by atoms with Crippen LogP contribution < -0.4 is 4.74 Å². The molecule has 2 aromatic heterocycles. The second kappa shape index (κ2) is 10.6. The van der Waals surface area contributed by atoms with Gasteiger partial charge in [0.25, 0.3) is 0 Å². The Morgan fingerprint density at radius 2 is 1.06 bits per heavy atom. The highest BCUT2D eigenvalue weighted by Gasteiger charge is 2.51. The number of furan rings is 1. The summed E-state index contributed by atoms with van der Waals surface area (Å²) in [5.74, 6) is 3.37. The van der Waals surface area contributed by atoms with E-state index in [1.54, 1.807) is 0 Å². The Bertz CT molecular complexity index is 2840. The number of hydrogen-bond donors (Lipinski definition) is 0. The van der Waals surface area contributed by atoms with Crippen molar-refractivity contribution in [3.05, 3.63) is 186 Å². The van der Waals surface area contributed by atoms with E-state index in [0.717, 1.165) is 55.7 Å². The van der Waals surface area contributed by atoms with Crippen molar-refractivity contribution in [3.63, 3.8) is 0 Å². The Hall–Kier alpha value is -6.85. The quantitative estimate of drug-likeness (QED) is 0.189. The number of hydrogen-bond acceptors (Lipinski definition) is 5. The summed E-state index contributed by atoms with van der Waals surface area (Å²) >= 11 is 0. The molecule has 1 unspecified atom stereocenters. The van der Waals surface area contributed by atoms with Gasteiger partial charge >= 0.3 is 0 Å². The van der Waals surface area contributed by atoms with E-state index in [2.05, 4.69) is 109 Å². The van der Waals surface area contributed by atoms with E-state index in [1.165, 1.54) is 27.8 Å². The van der Waals surface area contributed by atoms with Crippen LogP contribution in [0.1, 0.15) is 22.3 Å². The molecule has 0 spiro atoms. The Kier molecular flexibility index (Phi) is 5.81. The van der Waals surface area contributed by atoms with Gasteiger partial charge in [0.05, 0.1) is 5.41 Å². The van der Waals surface area contributed by atoms with Gasteiger partial charge in [-0.3, -0.25) is 0 Å². The molecule has 7 aromatic carbocycles. The largest absolute Gasteiger partial charge is 0.457 e. The second-order valence-electron chi connectivity index (χ2n) is 13.1. The molecule has 5 nitrogen and oxygen atoms in total. The summed E-state index contributed by atoms with van der Waals surface area (Å²) < 4.78 is 13.1. The van der Waals surface area contributed by atoms with Crippen LogP contribution in [0.3, 0.4) is 0 Å². The molecule has 0 saturated carbocycles. The van der Waals surface area contributed by atoms with E-state index in [-0.39, 0.29) is 0 Å². The monoisotopic (exact) mass is 653 g/mol. The summed E-state index contributed by atoms with van der Waals surface area (Å²) in [5.41, 5.74) is 10.9. The summed E-state index contributed by atoms with van der Waals surface area (Å²) in [7, 11) is 0. The molecular formula is C46H27N3O2. The minimum atomic E-state index is -0.530. The zero-order valence-corrected chi connectivity index (χ0v) is 27.2. The lowest BCUT2D eigenvalue weighted by Gasteiger charge is -2.39. The van der Waals surface area contributed by atoms with E-state index in [9.17, 15) is 0 Å². The van der Waals surface area contributed by atoms with Crippen LogP contribution in [0, 0.1) is 0 Å². The molecule has 0 bridgehead atoms. The van der Waals surface area contributed by atoms with Crippen molar-refractivity contribution in [1.82, 2.24) is 15.0 Å². The maximum atomic E-state index is 6.83. The number of para-hydroxylation sites is 1. The van der Waals surface area contributed by atoms with Gasteiger partial charge in [0, 0.05) is 38.6 Å². The molecule has 1 atom stereocenters. The molecular weight excluding hydrogens is 627 g/mol. The first-order chi connectivity index (χ1) is 25.3. The van der Waals surface area contributed by atoms with E-state index in [4.69, 9.17) is 24.1 Å². The predicted octanol–water partition coefficient (Wildman–Crippen LogP) is 11.2. The molecule has 11 rings (SSSR count). The lowest BCUT2D eigenvalue weighted by Crippen LogP contribution is -2.31. The van der Waals surface area contributed by atoms with Gasteiger partial charge in [0.2, 0.25) is 0 Å². The summed E-state index contributed by atoms with van der Waals surface area (Å²) in [6.45, 7) is 0. The SMILES string of the molecule is c1ccc(-c2nc(-c3ccc4c(c3)Oc3cccc5c3C4(c3ccccc3)c3ccccc3-5)nc(-c3ccc4c(c3)oc3ccccc34)n2)cc1. The van der Waals surface area contributed by atoms with Gasteiger partial charge < -0.3 is 9.15 Å². The van der Waals surface area contributed by atoms with Gasteiger partial charge in [-0.15, -0.1) is 0 Å². The van der Waals surface area contributed by atoms with Crippen LogP contribution in [0.15, 0.2) is 168 Å². The molecule has 238 valence electrons. The first-order valence-electron chi connectivity index (χ1n) is 17.1. The second-order valence-corrected chi connectivity index (χ2v) is 13.1. The van der Waals surface area contributed by atoms with E-state index in [0.29, 0.717) is 17.5 Å². The third-order valence-electron chi connectivity index (χ3n) is 10.4. The zero-order valence-electron chi connectivity index (χ0n) is 27.2. The number of benzene rings is 7. The minimum Gasteiger partial charge on any atom is -0.457 e. The third-order valence-corrected chi connectivity index (χ3v) is 10.4. The van der Waals surface area contributed by atoms with Gasteiger partial charge in [-0.05, 0) is 52.6 Å². The smallest absolute Gasteiger partial charge is 0.164 e. The lowest BCUT2D eigenvalue weighted by molar-refractivity contribution is 0.438. The molecule has 1 aliphatic heterocycles. The van der Waals surface area contributed by atoms with Gasteiger partial charge in [0.1, 0.15) is 22.7 Å². The fraction of sp³-hybridized carbons (Fsp3) is 0.0217. The van der Waals surface area contributed by atoms with Crippen molar-refractivity contribution in [2.24, 2.45) is 0 Å². The molecule has 3 heterocycles. The molecule has 51 heavy (non-hydrogen) atoms. The van der Waals surface area contributed by atoms with Crippen molar-refractivity contribution in [1.29, 1.82) is 0 Å². The average molecular weight is 654 g/mol. The Morgan fingerprint density at radius 1 is 0.412 bits per heavy atom. The van der Waals surface area contributed by atoms with Crippen LogP contribution >= 0.6 is 0 Å². The molecule has 0 amide bonds. The summed E-state index contributed by atoms with van der Waals surface area (Å²) in [5, 5.41) is 2.14. The predicted molar refractivity (Wildman–Crippen MR) is 201 cm³/mol. The molecule has 0 saturated heterocycles. The van der Waals surface area contributed by atoms with Crippen LogP contribution in [0.5, 0.6) is 11.5 Å². The molecule has 9 aromatic rings. The lowest BCUT2D eigenvalue weighted by atomic mass is 9.66. The topological polar surface area (TPSA) is 61.0 Å². The number of aromatic nitrogens is 3. The fourth-order valence-electron chi connectivity index (χ4n) is 8.22. The molecule has 2 aliphatic rings. The molecule has 0 N–H and O–H groups in total. The van der Waals surface area contributed by atoms with Gasteiger partial charge in [-0.25, -0.2) is 15.0 Å². The third kappa shape index (κ3) is 4.00. The van der Waals surface area contributed by atoms with Crippen molar-refractivity contribution < 1.29 is 9.15 Å². The first kappa shape index (κ1) is 28.0. The van der Waals surface area contributed by atoms with Crippen LogP contribution in [-0.2, 0) is 5.41 Å². The number of rotatable bonds is 4. The van der Waals surface area contributed by atoms with Gasteiger partial charge in [-0.2, -0.15) is 0 Å². The van der Waals surface area contributed by atoms with Crippen molar-refractivity contribution in [3.8, 4) is 56.8 Å². The normalized spacial score (nSPS) is 15.3. The average Bonchev–Trinajstić information content (AvgIpc) is 3.73. The highest BCUT2D eigenvalue weighted by atomic mass is 16.5. The Balaban J connectivity index is 1.12. The van der Waals surface area contributed by atoms with Crippen LogP contribution in [0.2, 0.25) is 0 Å². The highest BCUT2D eigenvalue weighted by Crippen LogP contribution is 2.63. The van der Waals surface area contributed by atoms with Crippen molar-refractivity contribution >= 4 is 21.9 Å². The summed E-state index contributed by atoms with van der Waals surface area (Å²) in [6, 6.07) is 56.6. The van der Waals surface area contributed by atoms with Crippen LogP contribution in [0.4, 0.5) is 0 Å². The van der Waals surface area contributed by atoms with Gasteiger partial charge in [0.15, 0.2) is 17.5 Å². The van der Waals surface area contributed by atoms with E-state index in [1.807, 2.05) is 54.6 Å². The van der Waals surface area contributed by atoms with Crippen molar-refractivity contribution in [2.45, 2.75) is 5.41 Å². The molecule has 1 aliphatic carbocycles. The number of ether oxygens (including phenoxy) is 1. The number of nitrogens with zero attached hydrogens (tertiary/aromatic N) is 3. The minimum absolute atomic E-state index is 0.530. The summed E-state index contributed by atoms with van der Waals surface area (Å²) in [6.07, 6.45) is 0. The Morgan fingerprint density at radius 3 is 1.90 bits per heavy atom. The fourth-order valence-corrected chi connectivity index (χ4v) is 8.22. The summed E-state index contributed by atoms with van der Waals surface area (Å²) in [4.78, 5) is 15.1. The Labute approximate surface area is 293 Å². The maximum Gasteiger partial charge on any atom is 0.164 e. The molecule has 0 radical (unpaired) electrons. The van der Waals surface area contributed by atoms with Crippen LogP contribution in [-0.4, -0.2) is 15.0 Å². The van der Waals surface area contributed by atoms with E-state index >= 15 is 0 Å². The standard InChI is InChI=1S/C46H27N3O2/c1-3-12-28(13-4-1)43-47-44(29-22-24-34-33-17-8-10-20-38(33)50-40(34)26-29)49-45(48-43)30-23-25-37-41(27-30)51-39-21-11-18-35-32-16-7-9-19-36(32)46(37,42(35)39)31-14-5-2-6-15-31/h1-27H. The van der Waals surface area contributed by atoms with Crippen molar-refractivity contribution in [2.75, 3.05) is 0 Å². The zero-order chi connectivity index (χ0) is 33.5. The van der Waals surface area contributed by atoms with E-state index < -0.39 is 5.41 Å². The highest BCUT2D eigenvalue weighted by molar-refractivity contribution is 6.05. The number of fused-ring (bicyclic) bond motifs is 8. The molecule has 0 fully saturated rings. The van der Waals surface area contributed by atoms with Crippen LogP contribution in [0.25, 0.3) is 67.2 Å². The maximum absolute atomic E-state index is 6.83. The first-order valence-corrected chi connectivity index (χ1v) is 17.1.